The van der Waals surface area contributed by atoms with Crippen molar-refractivity contribution in [3.63, 3.8) is 0 Å². The largest absolute Gasteiger partial charge is 0.444 e. The topological polar surface area (TPSA) is 38.1 Å². The van der Waals surface area contributed by atoms with E-state index < -0.39 is 0 Å². The van der Waals surface area contributed by atoms with Crippen molar-refractivity contribution in [3.05, 3.63) is 36.9 Å². The van der Waals surface area contributed by atoms with E-state index in [1.54, 1.807) is 6.20 Å². The lowest BCUT2D eigenvalue weighted by Gasteiger charge is -2.29. The molecule has 2 unspecified atom stereocenters. The minimum absolute atomic E-state index is 0.629. The summed E-state index contributed by atoms with van der Waals surface area (Å²) in [6.45, 7) is 2.30. The first-order valence-electron chi connectivity index (χ1n) is 7.60. The van der Waals surface area contributed by atoms with E-state index in [0.29, 0.717) is 6.04 Å². The van der Waals surface area contributed by atoms with Crippen LogP contribution in [-0.2, 0) is 0 Å². The highest BCUT2D eigenvalue weighted by molar-refractivity contribution is 5.60. The highest BCUT2D eigenvalue weighted by atomic mass is 16.3. The Kier molecular flexibility index (Phi) is 4.05. The van der Waals surface area contributed by atoms with Crippen LogP contribution in [0.4, 0.5) is 5.69 Å². The molecular formula is C17H22N2O. The molecule has 3 heteroatoms. The molecule has 0 bridgehead atoms. The maximum Gasteiger partial charge on any atom is 0.181 e. The third kappa shape index (κ3) is 3.03. The lowest BCUT2D eigenvalue weighted by Crippen LogP contribution is -2.26. The molecule has 106 valence electrons. The van der Waals surface area contributed by atoms with Crippen LogP contribution in [0.25, 0.3) is 11.3 Å². The van der Waals surface area contributed by atoms with E-state index in [-0.39, 0.29) is 0 Å². The molecule has 3 nitrogen and oxygen atoms in total. The minimum atomic E-state index is 0.629. The quantitative estimate of drug-likeness (QED) is 0.873. The molecule has 0 aliphatic heterocycles. The molecule has 1 heterocycles. The monoisotopic (exact) mass is 270 g/mol. The van der Waals surface area contributed by atoms with Crippen LogP contribution in [0.2, 0.25) is 0 Å². The fraction of sp³-hybridized carbons (Fsp3) is 0.471. The van der Waals surface area contributed by atoms with Crippen LogP contribution in [0.3, 0.4) is 0 Å². The van der Waals surface area contributed by atoms with Crippen molar-refractivity contribution in [2.75, 3.05) is 5.32 Å². The van der Waals surface area contributed by atoms with Gasteiger partial charge in [-0.15, -0.1) is 0 Å². The molecule has 0 radical (unpaired) electrons. The van der Waals surface area contributed by atoms with Gasteiger partial charge < -0.3 is 9.73 Å². The number of anilines is 1. The Bertz CT molecular complexity index is 518. The first-order chi connectivity index (χ1) is 9.85. The van der Waals surface area contributed by atoms with E-state index in [0.717, 1.165) is 17.2 Å². The fourth-order valence-electron chi connectivity index (χ4n) is 3.12. The summed E-state index contributed by atoms with van der Waals surface area (Å²) in [6.07, 6.45) is 9.87. The lowest BCUT2D eigenvalue weighted by molar-refractivity contribution is 0.327. The second kappa shape index (κ2) is 6.12. The molecule has 2 atom stereocenters. The van der Waals surface area contributed by atoms with Crippen molar-refractivity contribution >= 4 is 5.69 Å². The molecule has 0 saturated heterocycles. The average molecular weight is 270 g/mol. The summed E-state index contributed by atoms with van der Waals surface area (Å²) in [5, 5.41) is 3.67. The third-order valence-electron chi connectivity index (χ3n) is 4.33. The summed E-state index contributed by atoms with van der Waals surface area (Å²) in [5.74, 6) is 1.72. The molecule has 1 N–H and O–H groups in total. The van der Waals surface area contributed by atoms with Crippen LogP contribution < -0.4 is 5.32 Å². The van der Waals surface area contributed by atoms with Gasteiger partial charge in [0.2, 0.25) is 0 Å². The molecule has 1 aromatic carbocycles. The number of rotatable bonds is 4. The zero-order chi connectivity index (χ0) is 13.8. The van der Waals surface area contributed by atoms with Crippen LogP contribution in [0.15, 0.2) is 41.3 Å². The molecular weight excluding hydrogens is 248 g/mol. The van der Waals surface area contributed by atoms with Crippen molar-refractivity contribution in [3.8, 4) is 11.3 Å². The zero-order valence-electron chi connectivity index (χ0n) is 12.0. The molecule has 1 fully saturated rings. The molecule has 1 aliphatic rings. The highest BCUT2D eigenvalue weighted by Crippen LogP contribution is 2.29. The maximum atomic E-state index is 5.31. The number of benzene rings is 1. The zero-order valence-corrected chi connectivity index (χ0v) is 12.0. The van der Waals surface area contributed by atoms with Crippen molar-refractivity contribution in [2.24, 2.45) is 5.92 Å². The van der Waals surface area contributed by atoms with Gasteiger partial charge in [0.05, 0.1) is 6.20 Å². The molecule has 3 rings (SSSR count). The summed E-state index contributed by atoms with van der Waals surface area (Å²) in [6, 6.07) is 9.07. The van der Waals surface area contributed by atoms with Crippen LogP contribution >= 0.6 is 0 Å². The first-order valence-corrected chi connectivity index (χ1v) is 7.60. The predicted molar refractivity (Wildman–Crippen MR) is 81.6 cm³/mol. The number of oxazole rings is 1. The van der Waals surface area contributed by atoms with Crippen LogP contribution in [0.5, 0.6) is 0 Å². The van der Waals surface area contributed by atoms with Gasteiger partial charge in [-0.3, -0.25) is 0 Å². The lowest BCUT2D eigenvalue weighted by atomic mass is 9.84. The number of hydrogen-bond acceptors (Lipinski definition) is 3. The Morgan fingerprint density at radius 3 is 2.80 bits per heavy atom. The molecule has 0 amide bonds. The molecule has 1 aliphatic carbocycles. The van der Waals surface area contributed by atoms with Gasteiger partial charge in [0.1, 0.15) is 0 Å². The summed E-state index contributed by atoms with van der Waals surface area (Å²) in [5.41, 5.74) is 2.28. The molecule has 20 heavy (non-hydrogen) atoms. The van der Waals surface area contributed by atoms with Crippen molar-refractivity contribution in [1.82, 2.24) is 4.98 Å². The smallest absolute Gasteiger partial charge is 0.181 e. The first kappa shape index (κ1) is 13.2. The van der Waals surface area contributed by atoms with Crippen LogP contribution in [-0.4, -0.2) is 11.0 Å². The number of nitrogens with one attached hydrogen (secondary N) is 1. The van der Waals surface area contributed by atoms with Gasteiger partial charge in [0, 0.05) is 17.3 Å². The van der Waals surface area contributed by atoms with E-state index in [1.165, 1.54) is 44.2 Å². The summed E-state index contributed by atoms with van der Waals surface area (Å²) < 4.78 is 5.31. The second-order valence-corrected chi connectivity index (χ2v) is 5.73. The van der Waals surface area contributed by atoms with Crippen LogP contribution in [0, 0.1) is 5.92 Å². The number of aromatic nitrogens is 1. The Labute approximate surface area is 120 Å². The summed E-state index contributed by atoms with van der Waals surface area (Å²) in [7, 11) is 0. The third-order valence-corrected chi connectivity index (χ3v) is 4.33. The van der Waals surface area contributed by atoms with Crippen LogP contribution in [0.1, 0.15) is 39.0 Å². The van der Waals surface area contributed by atoms with E-state index in [4.69, 9.17) is 4.42 Å². The average Bonchev–Trinajstić information content (AvgIpc) is 3.02. The minimum Gasteiger partial charge on any atom is -0.444 e. The Hall–Kier alpha value is -1.77. The second-order valence-electron chi connectivity index (χ2n) is 5.73. The normalized spacial score (nSPS) is 22.6. The Morgan fingerprint density at radius 2 is 2.10 bits per heavy atom. The van der Waals surface area contributed by atoms with E-state index >= 15 is 0 Å². The maximum absolute atomic E-state index is 5.31. The Balaban J connectivity index is 1.63. The van der Waals surface area contributed by atoms with E-state index in [1.807, 2.05) is 0 Å². The number of hydrogen-bond donors (Lipinski definition) is 1. The van der Waals surface area contributed by atoms with E-state index in [9.17, 15) is 0 Å². The van der Waals surface area contributed by atoms with Gasteiger partial charge >= 0.3 is 0 Å². The highest BCUT2D eigenvalue weighted by Gasteiger charge is 2.20. The molecule has 2 aromatic rings. The standard InChI is InChI=1S/C17H22N2O/c1-2-13-4-3-5-16(10-13)19-15-8-6-14(7-9-15)17-11-18-12-20-17/h6-9,11-13,16,19H,2-5,10H2,1H3. The van der Waals surface area contributed by atoms with Gasteiger partial charge in [0.25, 0.3) is 0 Å². The van der Waals surface area contributed by atoms with Crippen molar-refractivity contribution in [1.29, 1.82) is 0 Å². The fourth-order valence-corrected chi connectivity index (χ4v) is 3.12. The van der Waals surface area contributed by atoms with Gasteiger partial charge in [-0.2, -0.15) is 0 Å². The molecule has 0 spiro atoms. The van der Waals surface area contributed by atoms with Crippen molar-refractivity contribution < 1.29 is 4.42 Å². The van der Waals surface area contributed by atoms with Gasteiger partial charge in [-0.1, -0.05) is 26.2 Å². The van der Waals surface area contributed by atoms with Gasteiger partial charge in [-0.05, 0) is 43.0 Å². The summed E-state index contributed by atoms with van der Waals surface area (Å²) >= 11 is 0. The Morgan fingerprint density at radius 1 is 1.25 bits per heavy atom. The summed E-state index contributed by atoms with van der Waals surface area (Å²) in [4.78, 5) is 3.95. The van der Waals surface area contributed by atoms with Gasteiger partial charge in [-0.25, -0.2) is 4.98 Å². The predicted octanol–water partition coefficient (Wildman–Crippen LogP) is 4.72. The molecule has 1 aromatic heterocycles. The van der Waals surface area contributed by atoms with Crippen molar-refractivity contribution in [2.45, 2.75) is 45.1 Å². The molecule has 1 saturated carbocycles. The van der Waals surface area contributed by atoms with Gasteiger partial charge in [0.15, 0.2) is 12.2 Å². The number of nitrogens with zero attached hydrogens (tertiary/aromatic N) is 1. The SMILES string of the molecule is CCC1CCCC(Nc2ccc(-c3cnco3)cc2)C1. The van der Waals surface area contributed by atoms with E-state index in [2.05, 4.69) is 41.5 Å².